The van der Waals surface area contributed by atoms with Gasteiger partial charge in [-0.15, -0.1) is 0 Å². The number of piperidine rings is 1. The van der Waals surface area contributed by atoms with Crippen molar-refractivity contribution in [3.63, 3.8) is 0 Å². The first-order valence-corrected chi connectivity index (χ1v) is 17.4. The van der Waals surface area contributed by atoms with Gasteiger partial charge in [-0.25, -0.2) is 13.1 Å². The summed E-state index contributed by atoms with van der Waals surface area (Å²) in [5.41, 5.74) is 3.03. The van der Waals surface area contributed by atoms with Crippen LogP contribution in [-0.2, 0) is 15.4 Å². The standard InChI is InChI=1S/C39H42N2O3S/c1-44-36-22-20-35(21-23-36)39(34-16-6-3-7-17-34,26-11-27-41-28-24-32(25-29-41)31-12-4-2-5-13-31)30-40-45(42,43)38-19-10-15-33-14-8-9-18-37(33)38/h2-10,12-23,32,40H,11,24-30H2,1H3. The van der Waals surface area contributed by atoms with Crippen molar-refractivity contribution >= 4 is 20.8 Å². The van der Waals surface area contributed by atoms with E-state index in [0.717, 1.165) is 73.0 Å². The van der Waals surface area contributed by atoms with Gasteiger partial charge < -0.3 is 9.64 Å². The third kappa shape index (κ3) is 6.99. The summed E-state index contributed by atoms with van der Waals surface area (Å²) in [6.45, 7) is 3.37. The molecule has 6 heteroatoms. The fourth-order valence-electron chi connectivity index (χ4n) is 6.96. The lowest BCUT2D eigenvalue weighted by Crippen LogP contribution is -2.42. The first-order chi connectivity index (χ1) is 22.0. The van der Waals surface area contributed by atoms with Crippen LogP contribution in [0.15, 0.2) is 132 Å². The number of sulfonamides is 1. The lowest BCUT2D eigenvalue weighted by Gasteiger charge is -2.37. The summed E-state index contributed by atoms with van der Waals surface area (Å²) >= 11 is 0. The number of benzene rings is 5. The topological polar surface area (TPSA) is 58.6 Å². The van der Waals surface area contributed by atoms with Gasteiger partial charge in [0.05, 0.1) is 12.0 Å². The van der Waals surface area contributed by atoms with Gasteiger partial charge in [-0.05, 0) is 91.5 Å². The van der Waals surface area contributed by atoms with Gasteiger partial charge in [0.25, 0.3) is 0 Å². The second-order valence-electron chi connectivity index (χ2n) is 12.1. The Morgan fingerprint density at radius 3 is 2.09 bits per heavy atom. The molecule has 5 aromatic rings. The van der Waals surface area contributed by atoms with E-state index in [4.69, 9.17) is 4.74 Å². The maximum absolute atomic E-state index is 14.0. The lowest BCUT2D eigenvalue weighted by atomic mass is 9.71. The predicted molar refractivity (Wildman–Crippen MR) is 183 cm³/mol. The summed E-state index contributed by atoms with van der Waals surface area (Å²) in [6.07, 6.45) is 4.06. The lowest BCUT2D eigenvalue weighted by molar-refractivity contribution is 0.204. The molecule has 5 aromatic carbocycles. The number of hydrogen-bond acceptors (Lipinski definition) is 4. The van der Waals surface area contributed by atoms with Crippen LogP contribution in [0, 0.1) is 0 Å². The van der Waals surface area contributed by atoms with Crippen LogP contribution in [0.25, 0.3) is 10.8 Å². The summed E-state index contributed by atoms with van der Waals surface area (Å²) < 4.78 is 36.5. The zero-order valence-electron chi connectivity index (χ0n) is 25.9. The molecule has 1 saturated heterocycles. The molecule has 5 nitrogen and oxygen atoms in total. The van der Waals surface area contributed by atoms with E-state index in [1.807, 2.05) is 66.7 Å². The van der Waals surface area contributed by atoms with Crippen molar-refractivity contribution in [3.05, 3.63) is 144 Å². The molecule has 45 heavy (non-hydrogen) atoms. The van der Waals surface area contributed by atoms with Gasteiger partial charge in [-0.2, -0.15) is 0 Å². The van der Waals surface area contributed by atoms with Gasteiger partial charge in [0.1, 0.15) is 5.75 Å². The Bertz CT molecular complexity index is 1780. The monoisotopic (exact) mass is 618 g/mol. The van der Waals surface area contributed by atoms with Crippen LogP contribution in [0.1, 0.15) is 48.3 Å². The third-order valence-electron chi connectivity index (χ3n) is 9.51. The van der Waals surface area contributed by atoms with Crippen molar-refractivity contribution < 1.29 is 13.2 Å². The molecule has 1 aliphatic rings. The van der Waals surface area contributed by atoms with Crippen molar-refractivity contribution in [2.75, 3.05) is 33.3 Å². The Kier molecular flexibility index (Phi) is 9.64. The Balaban J connectivity index is 1.27. The molecule has 0 aromatic heterocycles. The first kappa shape index (κ1) is 31.0. The van der Waals surface area contributed by atoms with E-state index in [2.05, 4.69) is 64.2 Å². The highest BCUT2D eigenvalue weighted by molar-refractivity contribution is 7.89. The molecule has 1 N–H and O–H groups in total. The fourth-order valence-corrected chi connectivity index (χ4v) is 8.29. The molecule has 232 valence electrons. The van der Waals surface area contributed by atoms with Crippen LogP contribution >= 0.6 is 0 Å². The van der Waals surface area contributed by atoms with E-state index in [0.29, 0.717) is 10.8 Å². The van der Waals surface area contributed by atoms with Gasteiger partial charge in [-0.1, -0.05) is 109 Å². The molecular formula is C39H42N2O3S. The van der Waals surface area contributed by atoms with Gasteiger partial charge in [-0.3, -0.25) is 0 Å². The van der Waals surface area contributed by atoms with Gasteiger partial charge in [0.2, 0.25) is 10.0 Å². The summed E-state index contributed by atoms with van der Waals surface area (Å²) in [5.74, 6) is 1.40. The number of ether oxygens (including phenoxy) is 1. The largest absolute Gasteiger partial charge is 0.497 e. The quantitative estimate of drug-likeness (QED) is 0.155. The number of nitrogens with zero attached hydrogens (tertiary/aromatic N) is 1. The average Bonchev–Trinajstić information content (AvgIpc) is 3.10. The zero-order valence-corrected chi connectivity index (χ0v) is 26.8. The van der Waals surface area contributed by atoms with Crippen molar-refractivity contribution in [3.8, 4) is 5.75 Å². The highest BCUT2D eigenvalue weighted by Crippen LogP contribution is 2.38. The summed E-state index contributed by atoms with van der Waals surface area (Å²) in [4.78, 5) is 2.88. The number of nitrogens with one attached hydrogen (secondary N) is 1. The van der Waals surface area contributed by atoms with E-state index >= 15 is 0 Å². The molecule has 1 aliphatic heterocycles. The van der Waals surface area contributed by atoms with Crippen molar-refractivity contribution in [2.24, 2.45) is 0 Å². The number of hydrogen-bond donors (Lipinski definition) is 1. The predicted octanol–water partition coefficient (Wildman–Crippen LogP) is 7.77. The van der Waals surface area contributed by atoms with E-state index in [-0.39, 0.29) is 6.54 Å². The molecule has 0 amide bonds. The number of methoxy groups -OCH3 is 1. The molecule has 1 atom stereocenters. The minimum atomic E-state index is -3.81. The first-order valence-electron chi connectivity index (χ1n) is 15.9. The van der Waals surface area contributed by atoms with Crippen LogP contribution in [0.3, 0.4) is 0 Å². The summed E-state index contributed by atoms with van der Waals surface area (Å²) in [6, 6.07) is 42.4. The molecule has 0 spiro atoms. The molecule has 0 aliphatic carbocycles. The van der Waals surface area contributed by atoms with Crippen LogP contribution in [0.2, 0.25) is 0 Å². The third-order valence-corrected chi connectivity index (χ3v) is 11.0. The minimum absolute atomic E-state index is 0.241. The molecule has 1 heterocycles. The second-order valence-corrected chi connectivity index (χ2v) is 13.8. The highest BCUT2D eigenvalue weighted by atomic mass is 32.2. The van der Waals surface area contributed by atoms with Gasteiger partial charge in [0.15, 0.2) is 0 Å². The maximum Gasteiger partial charge on any atom is 0.241 e. The van der Waals surface area contributed by atoms with Crippen LogP contribution in [-0.4, -0.2) is 46.6 Å². The van der Waals surface area contributed by atoms with E-state index in [9.17, 15) is 8.42 Å². The van der Waals surface area contributed by atoms with Crippen molar-refractivity contribution in [2.45, 2.75) is 41.9 Å². The van der Waals surface area contributed by atoms with Gasteiger partial charge in [0, 0.05) is 17.3 Å². The minimum Gasteiger partial charge on any atom is -0.497 e. The van der Waals surface area contributed by atoms with E-state index in [1.54, 1.807) is 13.2 Å². The average molecular weight is 619 g/mol. The Morgan fingerprint density at radius 1 is 0.756 bits per heavy atom. The molecule has 1 fully saturated rings. The smallest absolute Gasteiger partial charge is 0.241 e. The Morgan fingerprint density at radius 2 is 1.38 bits per heavy atom. The number of likely N-dealkylation sites (tertiary alicyclic amines) is 1. The molecule has 1 unspecified atom stereocenters. The molecule has 0 saturated carbocycles. The van der Waals surface area contributed by atoms with E-state index in [1.165, 1.54) is 5.56 Å². The Hall–Kier alpha value is -3.97. The molecule has 0 bridgehead atoms. The highest BCUT2D eigenvalue weighted by Gasteiger charge is 2.36. The van der Waals surface area contributed by atoms with Crippen LogP contribution < -0.4 is 9.46 Å². The molecule has 6 rings (SSSR count). The van der Waals surface area contributed by atoms with Gasteiger partial charge >= 0.3 is 0 Å². The normalized spacial score (nSPS) is 15.9. The zero-order chi connectivity index (χ0) is 31.1. The van der Waals surface area contributed by atoms with Crippen LogP contribution in [0.5, 0.6) is 5.75 Å². The van der Waals surface area contributed by atoms with E-state index < -0.39 is 15.4 Å². The number of fused-ring (bicyclic) bond motifs is 1. The number of rotatable bonds is 12. The van der Waals surface area contributed by atoms with Crippen LogP contribution in [0.4, 0.5) is 0 Å². The second kappa shape index (κ2) is 14.0. The SMILES string of the molecule is COc1ccc(C(CCCN2CCC(c3ccccc3)CC2)(CNS(=O)(=O)c2cccc3ccccc23)c2ccccc2)cc1. The molecular weight excluding hydrogens is 577 g/mol. The summed E-state index contributed by atoms with van der Waals surface area (Å²) in [5, 5.41) is 1.63. The fraction of sp³-hybridized carbons (Fsp3) is 0.282. The molecule has 0 radical (unpaired) electrons. The Labute approximate surface area is 267 Å². The van der Waals surface area contributed by atoms with Crippen molar-refractivity contribution in [1.29, 1.82) is 0 Å². The maximum atomic E-state index is 14.0. The summed E-state index contributed by atoms with van der Waals surface area (Å²) in [7, 11) is -2.15. The van der Waals surface area contributed by atoms with Crippen molar-refractivity contribution in [1.82, 2.24) is 9.62 Å².